The summed E-state index contributed by atoms with van der Waals surface area (Å²) in [7, 11) is -4.14. The summed E-state index contributed by atoms with van der Waals surface area (Å²) in [6.07, 6.45) is 5.30. The molecule has 2 aromatic rings. The van der Waals surface area contributed by atoms with E-state index in [1.54, 1.807) is 55.6 Å². The molecule has 1 aliphatic rings. The van der Waals surface area contributed by atoms with E-state index in [0.29, 0.717) is 18.7 Å². The number of sulfonamides is 1. The fourth-order valence-electron chi connectivity index (χ4n) is 4.20. The fraction of sp³-hybridized carbons (Fsp3) is 0.467. The minimum absolute atomic E-state index is 0.0199. The van der Waals surface area contributed by atoms with Crippen LogP contribution in [-0.2, 0) is 14.4 Å². The number of ether oxygens (including phenoxy) is 1. The minimum atomic E-state index is -3.62. The van der Waals surface area contributed by atoms with E-state index in [4.69, 9.17) is 9.16 Å². The van der Waals surface area contributed by atoms with Gasteiger partial charge in [-0.25, -0.2) is 12.7 Å². The summed E-state index contributed by atoms with van der Waals surface area (Å²) in [6.45, 7) is 17.1. The molecule has 0 saturated carbocycles. The number of phenols is 1. The standard InChI is InChI=1S/C30H43NO5SSi/c1-9-23-15-18-26(32)28(21-23)35-29-24(11-10-12-27(29)36-38(7,8)30(3,4)5)19-20-31(6)37(33,34)25-16-13-22(2)14-17-25/h9,11,13-18,21,27,29,32H,1,10,12,19-20H2,2-8H3. The molecule has 0 aliphatic heterocycles. The molecule has 208 valence electrons. The first kappa shape index (κ1) is 30.2. The Hall–Kier alpha value is -2.39. The van der Waals surface area contributed by atoms with Crippen molar-refractivity contribution in [3.05, 3.63) is 71.8 Å². The van der Waals surface area contributed by atoms with E-state index in [1.165, 1.54) is 4.31 Å². The number of nitrogens with zero attached hydrogens (tertiary/aromatic N) is 1. The average Bonchev–Trinajstić information content (AvgIpc) is 2.84. The Balaban J connectivity index is 1.88. The molecule has 0 spiro atoms. The van der Waals surface area contributed by atoms with Gasteiger partial charge in [0.2, 0.25) is 10.0 Å². The first-order valence-corrected chi connectivity index (χ1v) is 17.5. The largest absolute Gasteiger partial charge is 0.504 e. The first-order valence-electron chi connectivity index (χ1n) is 13.2. The Kier molecular flexibility index (Phi) is 9.35. The normalized spacial score (nSPS) is 18.8. The summed E-state index contributed by atoms with van der Waals surface area (Å²) >= 11 is 0. The summed E-state index contributed by atoms with van der Waals surface area (Å²) in [5.74, 6) is 0.412. The van der Waals surface area contributed by atoms with Crippen molar-refractivity contribution >= 4 is 24.4 Å². The second-order valence-corrected chi connectivity index (χ2v) is 18.4. The van der Waals surface area contributed by atoms with Gasteiger partial charge in [-0.1, -0.05) is 63.3 Å². The molecular formula is C30H43NO5SSi. The SMILES string of the molecule is C=Cc1ccc(O)c(OC2C(CCN(C)S(=O)(=O)c3ccc(C)cc3)=CCCC2O[Si](C)(C)C(C)(C)C)c1. The van der Waals surface area contributed by atoms with E-state index >= 15 is 0 Å². The molecule has 8 heteroatoms. The topological polar surface area (TPSA) is 76.1 Å². The highest BCUT2D eigenvalue weighted by Gasteiger charge is 2.42. The van der Waals surface area contributed by atoms with Gasteiger partial charge in [-0.05, 0) is 79.7 Å². The van der Waals surface area contributed by atoms with Crippen LogP contribution >= 0.6 is 0 Å². The summed E-state index contributed by atoms with van der Waals surface area (Å²) in [5.41, 5.74) is 2.83. The first-order chi connectivity index (χ1) is 17.7. The van der Waals surface area contributed by atoms with E-state index in [-0.39, 0.29) is 21.8 Å². The Bertz CT molecular complexity index is 1260. The van der Waals surface area contributed by atoms with Gasteiger partial charge in [0.15, 0.2) is 19.8 Å². The molecule has 0 amide bonds. The van der Waals surface area contributed by atoms with Gasteiger partial charge < -0.3 is 14.3 Å². The van der Waals surface area contributed by atoms with Gasteiger partial charge in [-0.3, -0.25) is 0 Å². The Labute approximate surface area is 230 Å². The van der Waals surface area contributed by atoms with E-state index < -0.39 is 24.4 Å². The molecule has 0 aromatic heterocycles. The van der Waals surface area contributed by atoms with Crippen LogP contribution in [0.3, 0.4) is 0 Å². The molecule has 2 aromatic carbocycles. The zero-order chi connectivity index (χ0) is 28.3. The molecule has 0 radical (unpaired) electrons. The average molecular weight is 558 g/mol. The molecular weight excluding hydrogens is 514 g/mol. The van der Waals surface area contributed by atoms with Crippen molar-refractivity contribution in [1.29, 1.82) is 0 Å². The second kappa shape index (κ2) is 11.8. The van der Waals surface area contributed by atoms with Crippen LogP contribution in [0.15, 0.2) is 65.6 Å². The van der Waals surface area contributed by atoms with E-state index in [9.17, 15) is 13.5 Å². The van der Waals surface area contributed by atoms with Crippen molar-refractivity contribution in [2.45, 2.75) is 82.2 Å². The highest BCUT2D eigenvalue weighted by molar-refractivity contribution is 7.89. The fourth-order valence-corrected chi connectivity index (χ4v) is 6.72. The van der Waals surface area contributed by atoms with Gasteiger partial charge >= 0.3 is 0 Å². The molecule has 6 nitrogen and oxygen atoms in total. The molecule has 0 bridgehead atoms. The van der Waals surface area contributed by atoms with Crippen molar-refractivity contribution in [1.82, 2.24) is 4.31 Å². The van der Waals surface area contributed by atoms with Gasteiger partial charge in [0, 0.05) is 13.6 Å². The summed E-state index contributed by atoms with van der Waals surface area (Å²) in [6, 6.07) is 12.1. The van der Waals surface area contributed by atoms with Crippen LogP contribution in [0, 0.1) is 6.92 Å². The van der Waals surface area contributed by atoms with E-state index in [1.807, 2.05) is 6.92 Å². The van der Waals surface area contributed by atoms with Crippen LogP contribution in [0.25, 0.3) is 6.08 Å². The van der Waals surface area contributed by atoms with Crippen LogP contribution in [0.5, 0.6) is 11.5 Å². The molecule has 3 rings (SSSR count). The van der Waals surface area contributed by atoms with Crippen LogP contribution in [0.4, 0.5) is 0 Å². The lowest BCUT2D eigenvalue weighted by atomic mass is 9.91. The molecule has 0 fully saturated rings. The third kappa shape index (κ3) is 6.97. The monoisotopic (exact) mass is 557 g/mol. The maximum atomic E-state index is 13.2. The van der Waals surface area contributed by atoms with Crippen molar-refractivity contribution < 1.29 is 22.7 Å². The van der Waals surface area contributed by atoms with Crippen molar-refractivity contribution in [3.8, 4) is 11.5 Å². The number of rotatable bonds is 10. The number of benzene rings is 2. The van der Waals surface area contributed by atoms with Crippen LogP contribution in [0.1, 0.15) is 51.2 Å². The Morgan fingerprint density at radius 1 is 1.16 bits per heavy atom. The third-order valence-corrected chi connectivity index (χ3v) is 14.1. The zero-order valence-corrected chi connectivity index (χ0v) is 25.6. The van der Waals surface area contributed by atoms with Crippen molar-refractivity contribution in [2.75, 3.05) is 13.6 Å². The summed E-state index contributed by atoms with van der Waals surface area (Å²) in [5, 5.41) is 10.6. The second-order valence-electron chi connectivity index (χ2n) is 11.6. The maximum Gasteiger partial charge on any atom is 0.242 e. The molecule has 1 aliphatic carbocycles. The zero-order valence-electron chi connectivity index (χ0n) is 23.8. The quantitative estimate of drug-likeness (QED) is 0.254. The molecule has 2 atom stereocenters. The third-order valence-electron chi connectivity index (χ3n) is 7.73. The number of phenolic OH excluding ortho intramolecular Hbond substituents is 1. The van der Waals surface area contributed by atoms with Gasteiger partial charge in [0.25, 0.3) is 0 Å². The Morgan fingerprint density at radius 3 is 2.42 bits per heavy atom. The molecule has 2 unspecified atom stereocenters. The van der Waals surface area contributed by atoms with Gasteiger partial charge in [0.1, 0.15) is 6.10 Å². The van der Waals surface area contributed by atoms with E-state index in [2.05, 4.69) is 46.5 Å². The number of hydrogen-bond donors (Lipinski definition) is 1. The van der Waals surface area contributed by atoms with Gasteiger partial charge in [0.05, 0.1) is 11.0 Å². The number of aryl methyl sites for hydroxylation is 1. The smallest absolute Gasteiger partial charge is 0.242 e. The summed E-state index contributed by atoms with van der Waals surface area (Å²) in [4.78, 5) is 0.279. The number of hydrogen-bond acceptors (Lipinski definition) is 5. The van der Waals surface area contributed by atoms with Crippen molar-refractivity contribution in [3.63, 3.8) is 0 Å². The number of aromatic hydroxyl groups is 1. The highest BCUT2D eigenvalue weighted by Crippen LogP contribution is 2.41. The lowest BCUT2D eigenvalue weighted by Gasteiger charge is -2.43. The van der Waals surface area contributed by atoms with Crippen molar-refractivity contribution in [2.24, 2.45) is 0 Å². The van der Waals surface area contributed by atoms with Crippen LogP contribution in [0.2, 0.25) is 18.1 Å². The Morgan fingerprint density at radius 2 is 1.82 bits per heavy atom. The van der Waals surface area contributed by atoms with Gasteiger partial charge in [-0.15, -0.1) is 0 Å². The molecule has 0 heterocycles. The predicted molar refractivity (Wildman–Crippen MR) is 158 cm³/mol. The van der Waals surface area contributed by atoms with E-state index in [0.717, 1.165) is 29.5 Å². The molecule has 38 heavy (non-hydrogen) atoms. The lowest BCUT2D eigenvalue weighted by molar-refractivity contribution is 0.0506. The molecule has 0 saturated heterocycles. The molecule has 1 N–H and O–H groups in total. The predicted octanol–water partition coefficient (Wildman–Crippen LogP) is 6.91. The highest BCUT2D eigenvalue weighted by atomic mass is 32.2. The minimum Gasteiger partial charge on any atom is -0.504 e. The van der Waals surface area contributed by atoms with Gasteiger partial charge in [-0.2, -0.15) is 0 Å². The summed E-state index contributed by atoms with van der Waals surface area (Å²) < 4.78 is 41.1. The maximum absolute atomic E-state index is 13.2. The lowest BCUT2D eigenvalue weighted by Crippen LogP contribution is -2.49. The van der Waals surface area contributed by atoms with Crippen LogP contribution in [-0.4, -0.2) is 51.9 Å². The number of allylic oxidation sites excluding steroid dienone is 1. The van der Waals surface area contributed by atoms with Crippen LogP contribution < -0.4 is 4.74 Å².